The molecule has 2 aliphatic rings. The molecule has 4 aromatic rings. The van der Waals surface area contributed by atoms with Crippen LogP contribution in [0.25, 0.3) is 11.1 Å². The average molecular weight is 584 g/mol. The van der Waals surface area contributed by atoms with E-state index in [-0.39, 0.29) is 24.1 Å². The van der Waals surface area contributed by atoms with Gasteiger partial charge in [-0.15, -0.1) is 0 Å². The molecule has 0 spiro atoms. The fourth-order valence-corrected chi connectivity index (χ4v) is 6.22. The van der Waals surface area contributed by atoms with Gasteiger partial charge in [-0.2, -0.15) is 0 Å². The van der Waals surface area contributed by atoms with Crippen molar-refractivity contribution in [3.8, 4) is 34.3 Å². The largest absolute Gasteiger partial charge is 0.492 e. The van der Waals surface area contributed by atoms with E-state index in [1.54, 1.807) is 19.4 Å². The summed E-state index contributed by atoms with van der Waals surface area (Å²) in [6.45, 7) is 4.92. The maximum absolute atomic E-state index is 15.4. The average Bonchev–Trinajstić information content (AvgIpc) is 3.61. The number of nitrogens with zero attached hydrogens (tertiary/aromatic N) is 1. The van der Waals surface area contributed by atoms with Gasteiger partial charge in [0.25, 0.3) is 0 Å². The fourth-order valence-electron chi connectivity index (χ4n) is 6.22. The van der Waals surface area contributed by atoms with Gasteiger partial charge in [0.15, 0.2) is 0 Å². The molecule has 8 heteroatoms. The van der Waals surface area contributed by atoms with E-state index < -0.39 is 6.10 Å². The third-order valence-electron chi connectivity index (χ3n) is 8.26. The van der Waals surface area contributed by atoms with Crippen molar-refractivity contribution in [3.05, 3.63) is 100.0 Å². The quantitative estimate of drug-likeness (QED) is 0.193. The van der Waals surface area contributed by atoms with Crippen molar-refractivity contribution >= 4 is 5.97 Å². The Balaban J connectivity index is 1.22. The summed E-state index contributed by atoms with van der Waals surface area (Å²) in [5.41, 5.74) is 7.71. The van der Waals surface area contributed by atoms with E-state index in [2.05, 4.69) is 18.8 Å². The molecule has 1 aliphatic carbocycles. The second-order valence-electron chi connectivity index (χ2n) is 11.0. The summed E-state index contributed by atoms with van der Waals surface area (Å²) < 4.78 is 43.7. The van der Waals surface area contributed by atoms with Gasteiger partial charge in [-0.3, -0.25) is 4.79 Å². The molecule has 0 radical (unpaired) electrons. The number of methoxy groups -OCH3 is 2. The lowest BCUT2D eigenvalue weighted by Gasteiger charge is -2.19. The van der Waals surface area contributed by atoms with E-state index in [4.69, 9.17) is 23.7 Å². The number of hydrogen-bond acceptors (Lipinski definition) is 7. The number of rotatable bonds is 9. The maximum atomic E-state index is 15.4. The zero-order valence-electron chi connectivity index (χ0n) is 24.7. The van der Waals surface area contributed by atoms with Gasteiger partial charge in [0, 0.05) is 35.4 Å². The summed E-state index contributed by atoms with van der Waals surface area (Å²) in [5, 5.41) is 0. The SMILES string of the molecule is COC(=O)CC1COc2cc(O[C@@H]3CCc4c(-c5c(C)cc(OCc6ccnc(OC)c6)cc5C)ccc(F)c43)ccc21. The minimum Gasteiger partial charge on any atom is -0.492 e. The third-order valence-corrected chi connectivity index (χ3v) is 8.26. The summed E-state index contributed by atoms with van der Waals surface area (Å²) in [4.78, 5) is 15.9. The molecule has 3 aromatic carbocycles. The number of benzene rings is 3. The molecule has 0 fully saturated rings. The van der Waals surface area contributed by atoms with Crippen LogP contribution in [-0.4, -0.2) is 31.8 Å². The lowest BCUT2D eigenvalue weighted by Crippen LogP contribution is -2.09. The molecule has 1 aromatic heterocycles. The summed E-state index contributed by atoms with van der Waals surface area (Å²) in [5.74, 6) is 2.03. The molecule has 0 saturated heterocycles. The van der Waals surface area contributed by atoms with Crippen molar-refractivity contribution in [2.24, 2.45) is 0 Å². The van der Waals surface area contributed by atoms with Crippen LogP contribution in [0.1, 0.15) is 58.2 Å². The predicted molar refractivity (Wildman–Crippen MR) is 159 cm³/mol. The van der Waals surface area contributed by atoms with E-state index in [0.717, 1.165) is 44.7 Å². The number of esters is 1. The smallest absolute Gasteiger partial charge is 0.306 e. The molecule has 222 valence electrons. The Morgan fingerprint density at radius 1 is 1.02 bits per heavy atom. The highest BCUT2D eigenvalue weighted by molar-refractivity contribution is 5.76. The zero-order chi connectivity index (χ0) is 30.1. The molecule has 2 atom stereocenters. The number of aryl methyl sites for hydroxylation is 2. The topological polar surface area (TPSA) is 76.1 Å². The van der Waals surface area contributed by atoms with Crippen molar-refractivity contribution in [2.75, 3.05) is 20.8 Å². The summed E-state index contributed by atoms with van der Waals surface area (Å²) >= 11 is 0. The molecule has 43 heavy (non-hydrogen) atoms. The van der Waals surface area contributed by atoms with Crippen molar-refractivity contribution in [1.82, 2.24) is 4.98 Å². The number of aromatic nitrogens is 1. The lowest BCUT2D eigenvalue weighted by molar-refractivity contribution is -0.141. The van der Waals surface area contributed by atoms with E-state index >= 15 is 4.39 Å². The zero-order valence-corrected chi connectivity index (χ0v) is 24.7. The minimum atomic E-state index is -0.416. The van der Waals surface area contributed by atoms with Gasteiger partial charge in [-0.05, 0) is 90.4 Å². The first kappa shape index (κ1) is 28.5. The van der Waals surface area contributed by atoms with Gasteiger partial charge in [0.2, 0.25) is 5.88 Å². The Morgan fingerprint density at radius 2 is 1.84 bits per heavy atom. The fraction of sp³-hybridized carbons (Fsp3) is 0.314. The number of carbonyl (C=O) groups excluding carboxylic acids is 1. The molecule has 6 rings (SSSR count). The standard InChI is InChI=1S/C35H34FNO6/c1-20-13-25(41-18-22-11-12-37-32(15-22)39-3)14-21(2)34(20)27-7-9-29(36)35-28(27)8-10-30(35)43-24-5-6-26-23(16-33(38)40-4)19-42-31(26)17-24/h5-7,9,11-15,17,23,30H,8,10,16,18-19H2,1-4H3/t23?,30-/m1/s1. The van der Waals surface area contributed by atoms with E-state index in [0.29, 0.717) is 49.0 Å². The van der Waals surface area contributed by atoms with Crippen LogP contribution in [0.3, 0.4) is 0 Å². The highest BCUT2D eigenvalue weighted by Crippen LogP contribution is 2.45. The first-order valence-electron chi connectivity index (χ1n) is 14.4. The van der Waals surface area contributed by atoms with Crippen molar-refractivity contribution < 1.29 is 32.9 Å². The number of carbonyl (C=O) groups is 1. The number of pyridine rings is 1. The van der Waals surface area contributed by atoms with Crippen molar-refractivity contribution in [3.63, 3.8) is 0 Å². The van der Waals surface area contributed by atoms with Gasteiger partial charge in [-0.1, -0.05) is 12.1 Å². The number of hydrogen-bond donors (Lipinski definition) is 0. The Morgan fingerprint density at radius 3 is 2.60 bits per heavy atom. The Hall–Kier alpha value is -4.59. The highest BCUT2D eigenvalue weighted by atomic mass is 19.1. The first-order chi connectivity index (χ1) is 20.8. The van der Waals surface area contributed by atoms with Gasteiger partial charge in [0.1, 0.15) is 35.8 Å². The van der Waals surface area contributed by atoms with E-state index in [9.17, 15) is 4.79 Å². The summed E-state index contributed by atoms with van der Waals surface area (Å²) in [6.07, 6.45) is 2.92. The Labute approximate surface area is 250 Å². The van der Waals surface area contributed by atoms with Crippen LogP contribution in [0.4, 0.5) is 4.39 Å². The molecule has 1 aliphatic heterocycles. The van der Waals surface area contributed by atoms with Gasteiger partial charge >= 0.3 is 5.97 Å². The number of ether oxygens (including phenoxy) is 5. The Bertz CT molecular complexity index is 1660. The third kappa shape index (κ3) is 5.74. The second kappa shape index (κ2) is 12.0. The van der Waals surface area contributed by atoms with Crippen LogP contribution in [0, 0.1) is 19.7 Å². The first-order valence-corrected chi connectivity index (χ1v) is 14.4. The van der Waals surface area contributed by atoms with Crippen LogP contribution >= 0.6 is 0 Å². The monoisotopic (exact) mass is 583 g/mol. The normalized spacial score (nSPS) is 16.7. The van der Waals surface area contributed by atoms with Crippen molar-refractivity contribution in [1.29, 1.82) is 0 Å². The number of halogens is 1. The molecule has 0 amide bonds. The van der Waals surface area contributed by atoms with Gasteiger partial charge < -0.3 is 23.7 Å². The molecule has 7 nitrogen and oxygen atoms in total. The van der Waals surface area contributed by atoms with Crippen LogP contribution in [0.15, 0.2) is 60.8 Å². The minimum absolute atomic E-state index is 0.0499. The Kier molecular flexibility index (Phi) is 7.93. The van der Waals surface area contributed by atoms with Crippen LogP contribution in [0.5, 0.6) is 23.1 Å². The predicted octanol–water partition coefficient (Wildman–Crippen LogP) is 7.20. The molecule has 2 heterocycles. The second-order valence-corrected chi connectivity index (χ2v) is 11.0. The molecule has 0 bridgehead atoms. The lowest BCUT2D eigenvalue weighted by atomic mass is 9.90. The van der Waals surface area contributed by atoms with Crippen LogP contribution in [0.2, 0.25) is 0 Å². The van der Waals surface area contributed by atoms with E-state index in [1.807, 2.05) is 48.5 Å². The molecular weight excluding hydrogens is 549 g/mol. The summed E-state index contributed by atoms with van der Waals surface area (Å²) in [7, 11) is 2.97. The summed E-state index contributed by atoms with van der Waals surface area (Å²) in [6, 6.07) is 16.8. The van der Waals surface area contributed by atoms with Gasteiger partial charge in [0.05, 0.1) is 27.2 Å². The number of fused-ring (bicyclic) bond motifs is 2. The molecule has 0 saturated carbocycles. The van der Waals surface area contributed by atoms with E-state index in [1.165, 1.54) is 7.11 Å². The molecule has 0 N–H and O–H groups in total. The maximum Gasteiger partial charge on any atom is 0.306 e. The molecule has 1 unspecified atom stereocenters. The molecular formula is C35H34FNO6. The van der Waals surface area contributed by atoms with Crippen molar-refractivity contribution in [2.45, 2.75) is 51.7 Å². The van der Waals surface area contributed by atoms with Gasteiger partial charge in [-0.25, -0.2) is 9.37 Å². The highest BCUT2D eigenvalue weighted by Gasteiger charge is 2.32. The van der Waals surface area contributed by atoms with Crippen LogP contribution in [-0.2, 0) is 22.6 Å². The van der Waals surface area contributed by atoms with Crippen LogP contribution < -0.4 is 18.9 Å².